The van der Waals surface area contributed by atoms with Gasteiger partial charge in [-0.3, -0.25) is 9.69 Å². The smallest absolute Gasteiger partial charge is 0.256 e. The van der Waals surface area contributed by atoms with Crippen molar-refractivity contribution in [2.24, 2.45) is 0 Å². The van der Waals surface area contributed by atoms with Crippen LogP contribution in [0.3, 0.4) is 0 Å². The normalized spacial score (nSPS) is 17.1. The van der Waals surface area contributed by atoms with Crippen LogP contribution in [0.2, 0.25) is 0 Å². The topological polar surface area (TPSA) is 43.8 Å². The van der Waals surface area contributed by atoms with E-state index in [4.69, 9.17) is 5.11 Å². The Morgan fingerprint density at radius 3 is 2.85 bits per heavy atom. The van der Waals surface area contributed by atoms with Crippen LogP contribution in [0.1, 0.15) is 16.8 Å². The van der Waals surface area contributed by atoms with Crippen LogP contribution in [0.4, 0.5) is 4.39 Å². The lowest BCUT2D eigenvalue weighted by atomic mass is 10.2. The van der Waals surface area contributed by atoms with E-state index in [1.807, 2.05) is 0 Å². The summed E-state index contributed by atoms with van der Waals surface area (Å²) in [6, 6.07) is 4.40. The molecule has 0 spiro atoms. The number of amides is 1. The van der Waals surface area contributed by atoms with Crippen molar-refractivity contribution in [3.05, 3.63) is 34.1 Å². The maximum Gasteiger partial charge on any atom is 0.256 e. The van der Waals surface area contributed by atoms with Gasteiger partial charge in [0, 0.05) is 30.7 Å². The molecule has 0 saturated carbocycles. The van der Waals surface area contributed by atoms with E-state index in [2.05, 4.69) is 20.8 Å². The third-order valence-electron chi connectivity index (χ3n) is 3.45. The number of aliphatic hydroxyl groups excluding tert-OH is 1. The van der Waals surface area contributed by atoms with Gasteiger partial charge in [0.2, 0.25) is 0 Å². The van der Waals surface area contributed by atoms with Crippen LogP contribution in [0.15, 0.2) is 22.7 Å². The molecule has 1 aromatic carbocycles. The van der Waals surface area contributed by atoms with Crippen LogP contribution in [0, 0.1) is 5.82 Å². The SMILES string of the molecule is O=C(c1cc(Br)ccc1F)N1CCCN(CCO)CC1. The molecule has 0 radical (unpaired) electrons. The minimum atomic E-state index is -0.491. The number of nitrogens with zero attached hydrogens (tertiary/aromatic N) is 2. The lowest BCUT2D eigenvalue weighted by molar-refractivity contribution is 0.0755. The van der Waals surface area contributed by atoms with Crippen molar-refractivity contribution in [1.82, 2.24) is 9.80 Å². The van der Waals surface area contributed by atoms with Crippen molar-refractivity contribution < 1.29 is 14.3 Å². The summed E-state index contributed by atoms with van der Waals surface area (Å²) in [6.45, 7) is 3.48. The average Bonchev–Trinajstić information content (AvgIpc) is 2.67. The van der Waals surface area contributed by atoms with Crippen LogP contribution >= 0.6 is 15.9 Å². The molecule has 6 heteroatoms. The number of carbonyl (C=O) groups excluding carboxylic acids is 1. The van der Waals surface area contributed by atoms with Gasteiger partial charge in [-0.15, -0.1) is 0 Å². The van der Waals surface area contributed by atoms with Gasteiger partial charge in [0.05, 0.1) is 12.2 Å². The Labute approximate surface area is 126 Å². The highest BCUT2D eigenvalue weighted by molar-refractivity contribution is 9.10. The van der Waals surface area contributed by atoms with Crippen molar-refractivity contribution in [1.29, 1.82) is 0 Å². The molecule has 0 bridgehead atoms. The van der Waals surface area contributed by atoms with E-state index in [9.17, 15) is 9.18 Å². The quantitative estimate of drug-likeness (QED) is 0.908. The molecule has 4 nitrogen and oxygen atoms in total. The second-order valence-corrected chi connectivity index (χ2v) is 5.75. The molecule has 1 heterocycles. The zero-order chi connectivity index (χ0) is 14.5. The second-order valence-electron chi connectivity index (χ2n) is 4.84. The molecule has 0 aromatic heterocycles. The zero-order valence-electron chi connectivity index (χ0n) is 11.2. The molecule has 0 atom stereocenters. The molecule has 1 aliphatic rings. The molecule has 20 heavy (non-hydrogen) atoms. The minimum absolute atomic E-state index is 0.106. The van der Waals surface area contributed by atoms with Crippen molar-refractivity contribution in [3.8, 4) is 0 Å². The van der Waals surface area contributed by atoms with Gasteiger partial charge in [-0.2, -0.15) is 0 Å². The number of rotatable bonds is 3. The summed E-state index contributed by atoms with van der Waals surface area (Å²) in [5.41, 5.74) is 0.106. The molecular formula is C14H18BrFN2O2. The highest BCUT2D eigenvalue weighted by atomic mass is 79.9. The number of benzene rings is 1. The minimum Gasteiger partial charge on any atom is -0.395 e. The second kappa shape index (κ2) is 7.15. The molecule has 1 fully saturated rings. The van der Waals surface area contributed by atoms with E-state index < -0.39 is 5.82 Å². The van der Waals surface area contributed by atoms with Gasteiger partial charge in [0.15, 0.2) is 0 Å². The van der Waals surface area contributed by atoms with Crippen LogP contribution in [-0.4, -0.2) is 60.1 Å². The molecular weight excluding hydrogens is 327 g/mol. The van der Waals surface area contributed by atoms with Crippen molar-refractivity contribution in [2.75, 3.05) is 39.3 Å². The van der Waals surface area contributed by atoms with Crippen LogP contribution in [0.25, 0.3) is 0 Å². The molecule has 0 unspecified atom stereocenters. The lowest BCUT2D eigenvalue weighted by Crippen LogP contribution is -2.36. The standard InChI is InChI=1S/C14H18BrFN2O2/c15-11-2-3-13(16)12(10-11)14(20)18-5-1-4-17(6-7-18)8-9-19/h2-3,10,19H,1,4-9H2. The summed E-state index contributed by atoms with van der Waals surface area (Å²) in [5, 5.41) is 8.95. The first kappa shape index (κ1) is 15.4. The highest BCUT2D eigenvalue weighted by Crippen LogP contribution is 2.18. The first-order valence-corrected chi connectivity index (χ1v) is 7.48. The first-order chi connectivity index (χ1) is 9.61. The van der Waals surface area contributed by atoms with Gasteiger partial charge in [-0.25, -0.2) is 4.39 Å². The maximum absolute atomic E-state index is 13.8. The average molecular weight is 345 g/mol. The molecule has 1 N–H and O–H groups in total. The Bertz CT molecular complexity index is 484. The van der Waals surface area contributed by atoms with Crippen molar-refractivity contribution in [2.45, 2.75) is 6.42 Å². The molecule has 1 aliphatic heterocycles. The molecule has 1 aromatic rings. The first-order valence-electron chi connectivity index (χ1n) is 6.69. The molecule has 0 aliphatic carbocycles. The van der Waals surface area contributed by atoms with Crippen LogP contribution in [0.5, 0.6) is 0 Å². The summed E-state index contributed by atoms with van der Waals surface area (Å²) in [6.07, 6.45) is 0.835. The Morgan fingerprint density at radius 1 is 1.30 bits per heavy atom. The number of halogens is 2. The number of aliphatic hydroxyl groups is 1. The fourth-order valence-electron chi connectivity index (χ4n) is 2.37. The van der Waals surface area contributed by atoms with Crippen LogP contribution < -0.4 is 0 Å². The van der Waals surface area contributed by atoms with Gasteiger partial charge in [0.25, 0.3) is 5.91 Å². The summed E-state index contributed by atoms with van der Waals surface area (Å²) in [5.74, 6) is -0.760. The molecule has 110 valence electrons. The molecule has 2 rings (SSSR count). The van der Waals surface area contributed by atoms with Gasteiger partial charge in [0.1, 0.15) is 5.82 Å². The monoisotopic (exact) mass is 344 g/mol. The number of β-amino-alcohol motifs (C(OH)–C–C–N with tert-alkyl or cyclic N) is 1. The third kappa shape index (κ3) is 3.77. The van der Waals surface area contributed by atoms with Gasteiger partial charge in [-0.1, -0.05) is 15.9 Å². The van der Waals surface area contributed by atoms with Gasteiger partial charge in [-0.05, 0) is 31.2 Å². The van der Waals surface area contributed by atoms with E-state index in [-0.39, 0.29) is 18.1 Å². The predicted octanol–water partition coefficient (Wildman–Crippen LogP) is 1.73. The van der Waals surface area contributed by atoms with E-state index in [0.29, 0.717) is 30.7 Å². The highest BCUT2D eigenvalue weighted by Gasteiger charge is 2.22. The van der Waals surface area contributed by atoms with Gasteiger partial charge < -0.3 is 10.0 Å². The number of carbonyl (C=O) groups is 1. The Kier molecular flexibility index (Phi) is 5.51. The maximum atomic E-state index is 13.8. The van der Waals surface area contributed by atoms with E-state index in [1.165, 1.54) is 12.1 Å². The summed E-state index contributed by atoms with van der Waals surface area (Å²) in [7, 11) is 0. The Balaban J connectivity index is 2.07. The summed E-state index contributed by atoms with van der Waals surface area (Å²) < 4.78 is 14.5. The Hall–Kier alpha value is -0.980. The van der Waals surface area contributed by atoms with Gasteiger partial charge >= 0.3 is 0 Å². The van der Waals surface area contributed by atoms with Crippen molar-refractivity contribution >= 4 is 21.8 Å². The number of hydrogen-bond donors (Lipinski definition) is 1. The number of hydrogen-bond acceptors (Lipinski definition) is 3. The third-order valence-corrected chi connectivity index (χ3v) is 3.94. The zero-order valence-corrected chi connectivity index (χ0v) is 12.8. The van der Waals surface area contributed by atoms with E-state index in [1.54, 1.807) is 11.0 Å². The Morgan fingerprint density at radius 2 is 2.10 bits per heavy atom. The molecule has 1 saturated heterocycles. The van der Waals surface area contributed by atoms with E-state index in [0.717, 1.165) is 13.0 Å². The van der Waals surface area contributed by atoms with Crippen molar-refractivity contribution in [3.63, 3.8) is 0 Å². The molecule has 1 amide bonds. The lowest BCUT2D eigenvalue weighted by Gasteiger charge is -2.21. The van der Waals surface area contributed by atoms with Crippen LogP contribution in [-0.2, 0) is 0 Å². The summed E-state index contributed by atoms with van der Waals surface area (Å²) >= 11 is 3.26. The summed E-state index contributed by atoms with van der Waals surface area (Å²) in [4.78, 5) is 16.2. The van der Waals surface area contributed by atoms with E-state index >= 15 is 0 Å². The fraction of sp³-hybridized carbons (Fsp3) is 0.500. The fourth-order valence-corrected chi connectivity index (χ4v) is 2.73. The largest absolute Gasteiger partial charge is 0.395 e. The predicted molar refractivity (Wildman–Crippen MR) is 78.1 cm³/mol.